The third kappa shape index (κ3) is 6.30. The lowest BCUT2D eigenvalue weighted by Gasteiger charge is -2.38. The van der Waals surface area contributed by atoms with Gasteiger partial charge < -0.3 is 14.4 Å². The number of furan rings is 1. The molecule has 0 saturated heterocycles. The fourth-order valence-corrected chi connectivity index (χ4v) is 5.36. The maximum absolute atomic E-state index is 14.1. The second-order valence-corrected chi connectivity index (χ2v) is 11.5. The number of halogens is 3. The average Bonchev–Trinajstić information content (AvgIpc) is 3.46. The summed E-state index contributed by atoms with van der Waals surface area (Å²) >= 11 is 0. The lowest BCUT2D eigenvalue weighted by molar-refractivity contribution is -0.153. The topological polar surface area (TPSA) is 74.0 Å². The number of carboxylic acids is 1. The number of fused-ring (bicyclic) bond motifs is 1. The molecule has 6 nitrogen and oxygen atoms in total. The molecule has 0 spiro atoms. The van der Waals surface area contributed by atoms with E-state index in [4.69, 9.17) is 4.42 Å². The number of aryl methyl sites for hydroxylation is 1. The molecule has 0 saturated carbocycles. The molecule has 1 aliphatic rings. The number of aliphatic carboxylic acids is 1. The standard InChI is InChI=1S/C34H33F3N2O4/c1-22-11-14-25-7-4-5-10-29(25)39(22)32(42)38(21-28-17-18-30(43-28)34(35,36)37)20-23-12-15-24(16-13-23)26-8-6-9-27(19-26)33(2,3)31(40)41/h4-10,12-13,15-19,22H,11,14,20-21H2,1-3H3,(H,40,41). The van der Waals surface area contributed by atoms with Gasteiger partial charge in [-0.2, -0.15) is 13.2 Å². The minimum absolute atomic E-state index is 0.0353. The first-order valence-corrected chi connectivity index (χ1v) is 14.1. The number of hydrogen-bond donors (Lipinski definition) is 1. The van der Waals surface area contributed by atoms with Gasteiger partial charge in [0, 0.05) is 18.3 Å². The van der Waals surface area contributed by atoms with Crippen LogP contribution in [-0.4, -0.2) is 28.0 Å². The minimum Gasteiger partial charge on any atom is -0.481 e. The maximum atomic E-state index is 14.1. The van der Waals surface area contributed by atoms with E-state index in [0.717, 1.165) is 46.8 Å². The number of anilines is 1. The van der Waals surface area contributed by atoms with E-state index >= 15 is 0 Å². The molecular formula is C34H33F3N2O4. The first-order chi connectivity index (χ1) is 20.3. The predicted octanol–water partition coefficient (Wildman–Crippen LogP) is 8.29. The highest BCUT2D eigenvalue weighted by Gasteiger charge is 2.36. The molecule has 224 valence electrons. The maximum Gasteiger partial charge on any atom is 0.449 e. The summed E-state index contributed by atoms with van der Waals surface area (Å²) in [6.45, 7) is 5.27. The molecule has 0 bridgehead atoms. The highest BCUT2D eigenvalue weighted by molar-refractivity contribution is 5.94. The molecule has 4 aromatic rings. The van der Waals surface area contributed by atoms with Crippen molar-refractivity contribution >= 4 is 17.7 Å². The molecule has 2 amide bonds. The zero-order valence-electron chi connectivity index (χ0n) is 24.2. The average molecular weight is 591 g/mol. The summed E-state index contributed by atoms with van der Waals surface area (Å²) in [5, 5.41) is 9.63. The van der Waals surface area contributed by atoms with Crippen LogP contribution in [0.1, 0.15) is 55.4 Å². The summed E-state index contributed by atoms with van der Waals surface area (Å²) in [6, 6.07) is 24.2. The number of carbonyl (C=O) groups is 2. The minimum atomic E-state index is -4.62. The summed E-state index contributed by atoms with van der Waals surface area (Å²) in [7, 11) is 0. The van der Waals surface area contributed by atoms with Crippen LogP contribution in [0.3, 0.4) is 0 Å². The number of benzene rings is 3. The largest absolute Gasteiger partial charge is 0.481 e. The second-order valence-electron chi connectivity index (χ2n) is 11.5. The quantitative estimate of drug-likeness (QED) is 0.235. The van der Waals surface area contributed by atoms with Gasteiger partial charge in [-0.05, 0) is 79.6 Å². The van der Waals surface area contributed by atoms with Crippen LogP contribution in [-0.2, 0) is 35.9 Å². The summed E-state index contributed by atoms with van der Waals surface area (Å²) in [4.78, 5) is 29.1. The molecule has 9 heteroatoms. The summed E-state index contributed by atoms with van der Waals surface area (Å²) in [5.74, 6) is -1.99. The molecule has 1 atom stereocenters. The number of carboxylic acid groups (broad SMARTS) is 1. The van der Waals surface area contributed by atoms with Crippen molar-refractivity contribution in [3.8, 4) is 11.1 Å². The van der Waals surface area contributed by atoms with E-state index in [0.29, 0.717) is 5.56 Å². The number of amides is 2. The fraction of sp³-hybridized carbons (Fsp3) is 0.294. The summed E-state index contributed by atoms with van der Waals surface area (Å²) < 4.78 is 44.8. The van der Waals surface area contributed by atoms with Crippen molar-refractivity contribution in [2.24, 2.45) is 0 Å². The number of rotatable bonds is 7. The zero-order valence-corrected chi connectivity index (χ0v) is 24.2. The number of nitrogens with zero attached hydrogens (tertiary/aromatic N) is 2. The second kappa shape index (κ2) is 11.6. The van der Waals surface area contributed by atoms with Gasteiger partial charge >= 0.3 is 18.2 Å². The molecule has 1 aliphatic heterocycles. The monoisotopic (exact) mass is 590 g/mol. The molecular weight excluding hydrogens is 557 g/mol. The molecule has 1 unspecified atom stereocenters. The Labute approximate surface area is 248 Å². The Hall–Kier alpha value is -4.53. The highest BCUT2D eigenvalue weighted by atomic mass is 19.4. The van der Waals surface area contributed by atoms with Crippen LogP contribution in [0.2, 0.25) is 0 Å². The predicted molar refractivity (Wildman–Crippen MR) is 158 cm³/mol. The molecule has 5 rings (SSSR count). The van der Waals surface area contributed by atoms with Crippen molar-refractivity contribution in [1.82, 2.24) is 4.90 Å². The molecule has 3 aromatic carbocycles. The highest BCUT2D eigenvalue weighted by Crippen LogP contribution is 2.34. The van der Waals surface area contributed by atoms with Crippen LogP contribution in [0.4, 0.5) is 23.7 Å². The molecule has 1 N–H and O–H groups in total. The van der Waals surface area contributed by atoms with E-state index in [-0.39, 0.29) is 30.9 Å². The number of hydrogen-bond acceptors (Lipinski definition) is 3. The Balaban J connectivity index is 1.44. The van der Waals surface area contributed by atoms with Gasteiger partial charge in [-0.1, -0.05) is 66.7 Å². The van der Waals surface area contributed by atoms with Gasteiger partial charge in [-0.25, -0.2) is 4.79 Å². The Morgan fingerprint density at radius 3 is 2.33 bits per heavy atom. The molecule has 0 aliphatic carbocycles. The molecule has 43 heavy (non-hydrogen) atoms. The van der Waals surface area contributed by atoms with Gasteiger partial charge in [-0.3, -0.25) is 9.69 Å². The fourth-order valence-electron chi connectivity index (χ4n) is 5.36. The van der Waals surface area contributed by atoms with Crippen LogP contribution >= 0.6 is 0 Å². The van der Waals surface area contributed by atoms with E-state index in [2.05, 4.69) is 0 Å². The molecule has 2 heterocycles. The van der Waals surface area contributed by atoms with Crippen molar-refractivity contribution in [3.05, 3.63) is 113 Å². The van der Waals surface area contributed by atoms with Gasteiger partial charge in [0.2, 0.25) is 5.76 Å². The number of alkyl halides is 3. The SMILES string of the molecule is CC1CCc2ccccc2N1C(=O)N(Cc1ccc(-c2cccc(C(C)(C)C(=O)O)c2)cc1)Cc1ccc(C(F)(F)F)o1. The first kappa shape index (κ1) is 29.9. The summed E-state index contributed by atoms with van der Waals surface area (Å²) in [5.41, 5.74) is 3.95. The van der Waals surface area contributed by atoms with Gasteiger partial charge in [-0.15, -0.1) is 0 Å². The Bertz CT molecular complexity index is 1630. The van der Waals surface area contributed by atoms with E-state index in [1.54, 1.807) is 24.8 Å². The normalized spacial score (nSPS) is 15.2. The van der Waals surface area contributed by atoms with Gasteiger partial charge in [0.25, 0.3) is 0 Å². The van der Waals surface area contributed by atoms with Crippen molar-refractivity contribution in [2.75, 3.05) is 4.90 Å². The summed E-state index contributed by atoms with van der Waals surface area (Å²) in [6.07, 6.45) is -3.03. The Kier molecular flexibility index (Phi) is 8.10. The molecule has 0 fully saturated rings. The van der Waals surface area contributed by atoms with Crippen LogP contribution < -0.4 is 4.90 Å². The molecule has 0 radical (unpaired) electrons. The smallest absolute Gasteiger partial charge is 0.449 e. The third-order valence-corrected chi connectivity index (χ3v) is 8.07. The van der Waals surface area contributed by atoms with Crippen LogP contribution in [0.25, 0.3) is 11.1 Å². The van der Waals surface area contributed by atoms with E-state index in [1.165, 1.54) is 11.0 Å². The van der Waals surface area contributed by atoms with Gasteiger partial charge in [0.05, 0.1) is 12.0 Å². The first-order valence-electron chi connectivity index (χ1n) is 14.1. The van der Waals surface area contributed by atoms with E-state index < -0.39 is 23.3 Å². The van der Waals surface area contributed by atoms with Crippen molar-refractivity contribution in [2.45, 2.75) is 64.3 Å². The van der Waals surface area contributed by atoms with Gasteiger partial charge in [0.1, 0.15) is 5.76 Å². The number of carbonyl (C=O) groups excluding carboxylic acids is 1. The lowest BCUT2D eigenvalue weighted by Crippen LogP contribution is -2.49. The number of urea groups is 1. The zero-order chi connectivity index (χ0) is 30.9. The number of para-hydroxylation sites is 1. The van der Waals surface area contributed by atoms with Crippen LogP contribution in [0, 0.1) is 0 Å². The third-order valence-electron chi connectivity index (χ3n) is 8.07. The molecule has 1 aromatic heterocycles. The van der Waals surface area contributed by atoms with Crippen LogP contribution in [0.15, 0.2) is 89.3 Å². The van der Waals surface area contributed by atoms with Crippen molar-refractivity contribution < 1.29 is 32.3 Å². The van der Waals surface area contributed by atoms with Crippen molar-refractivity contribution in [3.63, 3.8) is 0 Å². The Morgan fingerprint density at radius 1 is 0.930 bits per heavy atom. The Morgan fingerprint density at radius 2 is 1.65 bits per heavy atom. The van der Waals surface area contributed by atoms with E-state index in [1.807, 2.05) is 73.7 Å². The van der Waals surface area contributed by atoms with E-state index in [9.17, 15) is 27.9 Å². The lowest BCUT2D eigenvalue weighted by atomic mass is 9.83. The van der Waals surface area contributed by atoms with Gasteiger partial charge in [0.15, 0.2) is 0 Å². The van der Waals surface area contributed by atoms with Crippen LogP contribution in [0.5, 0.6) is 0 Å². The van der Waals surface area contributed by atoms with Crippen molar-refractivity contribution in [1.29, 1.82) is 0 Å².